The van der Waals surface area contributed by atoms with Crippen molar-refractivity contribution in [2.75, 3.05) is 55.4 Å². The zero-order chi connectivity index (χ0) is 34.2. The first-order chi connectivity index (χ1) is 22.2. The molecule has 1 aromatic carbocycles. The summed E-state index contributed by atoms with van der Waals surface area (Å²) < 4.78 is 40.9. The standard InChI is InChI=1S/C30H29Cl2F3N8O4/c1-4-20-25(41-9-11-42(12-10-41)29(47)24-26(45)17(31)7-8-36-24)27(46)23-28(37-14-21(39-23)40(2)3)43(20)15-22(44)38-19-6-5-16(13-18(19)32)30(33,34)35/h5-8,13-14,45H,4,9-12,15H2,1-3H3,(H,38,44). The summed E-state index contributed by atoms with van der Waals surface area (Å²) >= 11 is 12.0. The van der Waals surface area contributed by atoms with Gasteiger partial charge < -0.3 is 29.7 Å². The maximum Gasteiger partial charge on any atom is 0.416 e. The Labute approximate surface area is 276 Å². The van der Waals surface area contributed by atoms with Crippen molar-refractivity contribution < 1.29 is 27.9 Å². The molecular weight excluding hydrogens is 664 g/mol. The van der Waals surface area contributed by atoms with Gasteiger partial charge in [-0.1, -0.05) is 30.1 Å². The summed E-state index contributed by atoms with van der Waals surface area (Å²) in [6.45, 7) is 2.27. The first-order valence-corrected chi connectivity index (χ1v) is 15.1. The largest absolute Gasteiger partial charge is 0.504 e. The van der Waals surface area contributed by atoms with Gasteiger partial charge in [-0.2, -0.15) is 13.2 Å². The first-order valence-electron chi connectivity index (χ1n) is 14.3. The number of alkyl halides is 3. The van der Waals surface area contributed by atoms with Gasteiger partial charge in [0.25, 0.3) is 5.91 Å². The number of hydrogen-bond donors (Lipinski definition) is 2. The number of nitrogens with zero attached hydrogens (tertiary/aromatic N) is 7. The Balaban J connectivity index is 1.49. The number of fused-ring (bicyclic) bond motifs is 1. The zero-order valence-corrected chi connectivity index (χ0v) is 26.9. The summed E-state index contributed by atoms with van der Waals surface area (Å²) in [5.74, 6) is -1.16. The molecule has 0 unspecified atom stereocenters. The van der Waals surface area contributed by atoms with Crippen molar-refractivity contribution in [2.24, 2.45) is 0 Å². The highest BCUT2D eigenvalue weighted by Gasteiger charge is 2.32. The lowest BCUT2D eigenvalue weighted by atomic mass is 10.1. The van der Waals surface area contributed by atoms with Crippen molar-refractivity contribution in [3.63, 3.8) is 0 Å². The Kier molecular flexibility index (Phi) is 9.50. The molecule has 0 saturated carbocycles. The van der Waals surface area contributed by atoms with Gasteiger partial charge in [0.1, 0.15) is 18.1 Å². The molecule has 4 aromatic rings. The van der Waals surface area contributed by atoms with Crippen LogP contribution in [-0.4, -0.2) is 81.6 Å². The van der Waals surface area contributed by atoms with Gasteiger partial charge in [-0.3, -0.25) is 14.4 Å². The van der Waals surface area contributed by atoms with Crippen LogP contribution in [0.15, 0.2) is 41.5 Å². The zero-order valence-electron chi connectivity index (χ0n) is 25.4. The highest BCUT2D eigenvalue weighted by atomic mass is 35.5. The molecule has 1 aliphatic rings. The molecule has 0 aliphatic carbocycles. The van der Waals surface area contributed by atoms with Crippen LogP contribution < -0.4 is 20.5 Å². The first kappa shape index (κ1) is 33.7. The Morgan fingerprint density at radius 3 is 2.38 bits per heavy atom. The summed E-state index contributed by atoms with van der Waals surface area (Å²) in [4.78, 5) is 58.5. The van der Waals surface area contributed by atoms with Gasteiger partial charge >= 0.3 is 6.18 Å². The molecule has 5 rings (SSSR count). The molecule has 0 radical (unpaired) electrons. The Bertz CT molecular complexity index is 1930. The fourth-order valence-electron chi connectivity index (χ4n) is 5.29. The minimum Gasteiger partial charge on any atom is -0.504 e. The number of pyridine rings is 2. The number of carbonyl (C=O) groups is 2. The number of amides is 2. The van der Waals surface area contributed by atoms with Gasteiger partial charge in [-0.15, -0.1) is 0 Å². The van der Waals surface area contributed by atoms with Crippen molar-refractivity contribution in [1.29, 1.82) is 0 Å². The van der Waals surface area contributed by atoms with E-state index < -0.39 is 34.7 Å². The molecule has 4 heterocycles. The summed E-state index contributed by atoms with van der Waals surface area (Å²) in [6, 6.07) is 3.98. The van der Waals surface area contributed by atoms with Crippen LogP contribution in [0.5, 0.6) is 5.75 Å². The van der Waals surface area contributed by atoms with Crippen molar-refractivity contribution in [3.05, 3.63) is 73.9 Å². The molecule has 1 aliphatic heterocycles. The molecule has 248 valence electrons. The van der Waals surface area contributed by atoms with Crippen molar-refractivity contribution >= 4 is 63.4 Å². The van der Waals surface area contributed by atoms with E-state index in [4.69, 9.17) is 23.2 Å². The van der Waals surface area contributed by atoms with Crippen LogP contribution in [0.25, 0.3) is 11.2 Å². The van der Waals surface area contributed by atoms with Crippen LogP contribution in [0.1, 0.15) is 28.7 Å². The highest BCUT2D eigenvalue weighted by molar-refractivity contribution is 6.33. The fourth-order valence-corrected chi connectivity index (χ4v) is 5.66. The Morgan fingerprint density at radius 1 is 1.06 bits per heavy atom. The molecule has 2 N–H and O–H groups in total. The number of carbonyl (C=O) groups excluding carboxylic acids is 2. The lowest BCUT2D eigenvalue weighted by Gasteiger charge is -2.37. The molecule has 47 heavy (non-hydrogen) atoms. The van der Waals surface area contributed by atoms with Crippen LogP contribution >= 0.6 is 23.2 Å². The monoisotopic (exact) mass is 692 g/mol. The molecule has 17 heteroatoms. The molecule has 1 saturated heterocycles. The molecule has 2 amide bonds. The number of halogens is 5. The molecule has 1 fully saturated rings. The minimum atomic E-state index is -4.61. The van der Waals surface area contributed by atoms with Gasteiger partial charge in [0.2, 0.25) is 11.3 Å². The van der Waals surface area contributed by atoms with E-state index in [0.29, 0.717) is 17.9 Å². The van der Waals surface area contributed by atoms with E-state index in [0.717, 1.165) is 18.2 Å². The van der Waals surface area contributed by atoms with Crippen molar-refractivity contribution in [1.82, 2.24) is 24.4 Å². The second-order valence-electron chi connectivity index (χ2n) is 10.9. The molecular formula is C30H29Cl2F3N8O4. The highest BCUT2D eigenvalue weighted by Crippen LogP contribution is 2.34. The third kappa shape index (κ3) is 6.76. The van der Waals surface area contributed by atoms with Gasteiger partial charge in [0, 0.05) is 52.2 Å². The van der Waals surface area contributed by atoms with Crippen molar-refractivity contribution in [2.45, 2.75) is 26.1 Å². The molecule has 0 bridgehead atoms. The number of aromatic hydroxyl groups is 1. The summed E-state index contributed by atoms with van der Waals surface area (Å²) in [5.41, 5.74) is -0.669. The predicted molar refractivity (Wildman–Crippen MR) is 172 cm³/mol. The van der Waals surface area contributed by atoms with Crippen LogP contribution in [0.4, 0.5) is 30.4 Å². The third-order valence-corrected chi connectivity index (χ3v) is 8.27. The fraction of sp³-hybridized carbons (Fsp3) is 0.333. The smallest absolute Gasteiger partial charge is 0.416 e. The topological polar surface area (TPSA) is 137 Å². The third-order valence-electron chi connectivity index (χ3n) is 7.65. The number of benzene rings is 1. The summed E-state index contributed by atoms with van der Waals surface area (Å²) in [6.07, 6.45) is -1.53. The van der Waals surface area contributed by atoms with E-state index in [-0.39, 0.29) is 71.0 Å². The van der Waals surface area contributed by atoms with E-state index in [9.17, 15) is 32.7 Å². The maximum absolute atomic E-state index is 14.1. The quantitative estimate of drug-likeness (QED) is 0.288. The van der Waals surface area contributed by atoms with Crippen LogP contribution in [0.3, 0.4) is 0 Å². The van der Waals surface area contributed by atoms with E-state index >= 15 is 0 Å². The van der Waals surface area contributed by atoms with Crippen LogP contribution in [-0.2, 0) is 23.9 Å². The number of anilines is 3. The normalized spacial score (nSPS) is 13.6. The lowest BCUT2D eigenvalue weighted by Crippen LogP contribution is -2.50. The van der Waals surface area contributed by atoms with Gasteiger partial charge in [0.05, 0.1) is 27.5 Å². The van der Waals surface area contributed by atoms with Crippen LogP contribution in [0.2, 0.25) is 10.0 Å². The Morgan fingerprint density at radius 2 is 1.77 bits per heavy atom. The number of rotatable bonds is 7. The summed E-state index contributed by atoms with van der Waals surface area (Å²) in [5, 5.41) is 12.5. The van der Waals surface area contributed by atoms with Gasteiger partial charge in [-0.05, 0) is 30.7 Å². The average molecular weight is 694 g/mol. The van der Waals surface area contributed by atoms with E-state index in [1.165, 1.54) is 23.4 Å². The van der Waals surface area contributed by atoms with E-state index in [1.807, 2.05) is 0 Å². The van der Waals surface area contributed by atoms with E-state index in [2.05, 4.69) is 20.3 Å². The van der Waals surface area contributed by atoms with E-state index in [1.54, 1.807) is 35.4 Å². The number of hydrogen-bond acceptors (Lipinski definition) is 9. The van der Waals surface area contributed by atoms with Crippen molar-refractivity contribution in [3.8, 4) is 5.75 Å². The molecule has 12 nitrogen and oxygen atoms in total. The maximum atomic E-state index is 14.1. The predicted octanol–water partition coefficient (Wildman–Crippen LogP) is 4.45. The number of aromatic nitrogens is 4. The second-order valence-corrected chi connectivity index (χ2v) is 11.7. The summed E-state index contributed by atoms with van der Waals surface area (Å²) in [7, 11) is 3.47. The second kappa shape index (κ2) is 13.2. The van der Waals surface area contributed by atoms with Gasteiger partial charge in [-0.25, -0.2) is 15.0 Å². The Hall–Kier alpha value is -4.63. The van der Waals surface area contributed by atoms with Crippen LogP contribution in [0, 0.1) is 0 Å². The molecule has 0 spiro atoms. The molecule has 0 atom stereocenters. The number of nitrogens with one attached hydrogen (secondary N) is 1. The lowest BCUT2D eigenvalue weighted by molar-refractivity contribution is -0.137. The average Bonchev–Trinajstić information content (AvgIpc) is 3.03. The minimum absolute atomic E-state index is 0.00544. The molecule has 3 aromatic heterocycles. The SMILES string of the molecule is CCc1c(N2CCN(C(=O)c3nccc(Cl)c3O)CC2)c(=O)c2nc(N(C)C)cnc2n1CC(=O)Nc1ccc(C(F)(F)F)cc1Cl. The number of piperazine rings is 1. The van der Waals surface area contributed by atoms with Gasteiger partial charge in [0.15, 0.2) is 22.6 Å².